The molecule has 0 aromatic carbocycles. The summed E-state index contributed by atoms with van der Waals surface area (Å²) in [6, 6.07) is 0. The number of hydrogen-bond acceptors (Lipinski definition) is 0. The Morgan fingerprint density at radius 3 is 1.56 bits per heavy atom. The minimum atomic E-state index is 0.238. The molecule has 0 aromatic heterocycles. The van der Waals surface area contributed by atoms with E-state index in [2.05, 4.69) is 68.4 Å². The Morgan fingerprint density at radius 1 is 0.722 bits per heavy atom. The van der Waals surface area contributed by atoms with Gasteiger partial charge >= 0.3 is 0 Å². The number of hydrogen-bond donors (Lipinski definition) is 0. The van der Waals surface area contributed by atoms with Crippen molar-refractivity contribution >= 4 is 0 Å². The van der Waals surface area contributed by atoms with Crippen LogP contribution in [0.2, 0.25) is 0 Å². The summed E-state index contributed by atoms with van der Waals surface area (Å²) in [6.07, 6.45) is 4.92. The summed E-state index contributed by atoms with van der Waals surface area (Å²) in [5, 5.41) is 0. The van der Waals surface area contributed by atoms with Crippen LogP contribution in [0.25, 0.3) is 0 Å². The molecule has 0 spiro atoms. The van der Waals surface area contributed by atoms with E-state index in [-0.39, 0.29) is 16.2 Å². The van der Waals surface area contributed by atoms with E-state index in [4.69, 9.17) is 0 Å². The second kappa shape index (κ2) is 4.54. The zero-order valence-electron chi connectivity index (χ0n) is 14.0. The molecule has 104 valence electrons. The lowest BCUT2D eigenvalue weighted by molar-refractivity contribution is 0.397. The molecule has 0 nitrogen and oxygen atoms in total. The predicted octanol–water partition coefficient (Wildman–Crippen LogP) is 6.14. The Morgan fingerprint density at radius 2 is 1.22 bits per heavy atom. The highest BCUT2D eigenvalue weighted by atomic mass is 14.4. The molecule has 0 aromatic rings. The molecule has 0 atom stereocenters. The van der Waals surface area contributed by atoms with Gasteiger partial charge in [-0.3, -0.25) is 0 Å². The van der Waals surface area contributed by atoms with Gasteiger partial charge in [-0.05, 0) is 40.2 Å². The minimum absolute atomic E-state index is 0.238. The van der Waals surface area contributed by atoms with Gasteiger partial charge in [0.05, 0.1) is 0 Å². The van der Waals surface area contributed by atoms with Crippen LogP contribution in [0.3, 0.4) is 0 Å². The maximum absolute atomic E-state index is 2.48. The van der Waals surface area contributed by atoms with Crippen molar-refractivity contribution in [3.05, 3.63) is 22.8 Å². The average molecular weight is 248 g/mol. The molecule has 1 rings (SSSR count). The fourth-order valence-corrected chi connectivity index (χ4v) is 3.04. The molecule has 0 heterocycles. The van der Waals surface area contributed by atoms with Crippen LogP contribution in [0.1, 0.15) is 75.2 Å². The van der Waals surface area contributed by atoms with Crippen molar-refractivity contribution in [2.45, 2.75) is 75.2 Å². The van der Waals surface area contributed by atoms with Gasteiger partial charge in [-0.1, -0.05) is 74.0 Å². The highest BCUT2D eigenvalue weighted by Crippen LogP contribution is 2.49. The Balaban J connectivity index is 3.49. The smallest absolute Gasteiger partial charge is 0.0129 e. The van der Waals surface area contributed by atoms with E-state index in [0.29, 0.717) is 0 Å². The van der Waals surface area contributed by atoms with Gasteiger partial charge in [-0.25, -0.2) is 0 Å². The molecule has 1 aliphatic carbocycles. The van der Waals surface area contributed by atoms with Crippen LogP contribution in [-0.4, -0.2) is 0 Å². The van der Waals surface area contributed by atoms with Gasteiger partial charge in [-0.15, -0.1) is 0 Å². The second-order valence-electron chi connectivity index (χ2n) is 8.76. The summed E-state index contributed by atoms with van der Waals surface area (Å²) in [6.45, 7) is 21.2. The zero-order valence-corrected chi connectivity index (χ0v) is 14.0. The van der Waals surface area contributed by atoms with Crippen molar-refractivity contribution < 1.29 is 0 Å². The lowest BCUT2D eigenvalue weighted by Gasteiger charge is -2.41. The highest BCUT2D eigenvalue weighted by molar-refractivity contribution is 5.46. The first-order chi connectivity index (χ1) is 7.85. The highest BCUT2D eigenvalue weighted by Gasteiger charge is 2.35. The molecule has 0 radical (unpaired) electrons. The van der Waals surface area contributed by atoms with Crippen molar-refractivity contribution in [2.75, 3.05) is 0 Å². The van der Waals surface area contributed by atoms with Gasteiger partial charge in [0.15, 0.2) is 0 Å². The van der Waals surface area contributed by atoms with Gasteiger partial charge in [0.2, 0.25) is 0 Å². The zero-order chi connectivity index (χ0) is 14.4. The normalized spacial score (nSPS) is 19.1. The van der Waals surface area contributed by atoms with Gasteiger partial charge in [-0.2, -0.15) is 0 Å². The molecule has 0 saturated heterocycles. The molecule has 0 N–H and O–H groups in total. The predicted molar refractivity (Wildman–Crippen MR) is 82.7 cm³/mol. The number of allylic oxidation sites excluding steroid dienone is 4. The molecule has 0 aliphatic heterocycles. The van der Waals surface area contributed by atoms with E-state index in [1.165, 1.54) is 12.8 Å². The van der Waals surface area contributed by atoms with Gasteiger partial charge in [0.1, 0.15) is 0 Å². The topological polar surface area (TPSA) is 0 Å². The molecule has 0 fully saturated rings. The van der Waals surface area contributed by atoms with Crippen molar-refractivity contribution in [1.29, 1.82) is 0 Å². The van der Waals surface area contributed by atoms with Crippen molar-refractivity contribution in [3.8, 4) is 0 Å². The Labute approximate surface area is 115 Å². The van der Waals surface area contributed by atoms with Crippen LogP contribution in [0.5, 0.6) is 0 Å². The standard InChI is InChI=1S/C18H32/c1-16(2,3)13-11-10-12-14(17(4,5)6)15(13)18(7,8)9/h11H,10,12H2,1-9H3. The van der Waals surface area contributed by atoms with Crippen molar-refractivity contribution in [1.82, 2.24) is 0 Å². The largest absolute Gasteiger partial charge is 0.0802 e. The summed E-state index contributed by atoms with van der Waals surface area (Å²) in [7, 11) is 0. The third kappa shape index (κ3) is 3.28. The SMILES string of the molecule is CC(C)(C)C1=CCCC(C(C)(C)C)=C1C(C)(C)C. The molecule has 18 heavy (non-hydrogen) atoms. The summed E-state index contributed by atoms with van der Waals surface area (Å²) in [5.74, 6) is 0. The van der Waals surface area contributed by atoms with Gasteiger partial charge < -0.3 is 0 Å². The van der Waals surface area contributed by atoms with Crippen LogP contribution in [0, 0.1) is 16.2 Å². The number of rotatable bonds is 0. The summed E-state index contributed by atoms with van der Waals surface area (Å²) >= 11 is 0. The van der Waals surface area contributed by atoms with Gasteiger partial charge in [0.25, 0.3) is 0 Å². The minimum Gasteiger partial charge on any atom is -0.0802 e. The molecule has 0 heteroatoms. The van der Waals surface area contributed by atoms with E-state index in [0.717, 1.165) is 0 Å². The fraction of sp³-hybridized carbons (Fsp3) is 0.778. The van der Waals surface area contributed by atoms with Crippen LogP contribution >= 0.6 is 0 Å². The van der Waals surface area contributed by atoms with Crippen LogP contribution in [0.15, 0.2) is 22.8 Å². The maximum Gasteiger partial charge on any atom is -0.0129 e. The molecular weight excluding hydrogens is 216 g/mol. The first kappa shape index (κ1) is 15.5. The van der Waals surface area contributed by atoms with Crippen molar-refractivity contribution in [2.24, 2.45) is 16.2 Å². The second-order valence-corrected chi connectivity index (χ2v) is 8.76. The quantitative estimate of drug-likeness (QED) is 0.483. The first-order valence-electron chi connectivity index (χ1n) is 7.30. The summed E-state index contributed by atoms with van der Waals surface area (Å²) in [5.41, 5.74) is 5.64. The Kier molecular flexibility index (Phi) is 3.92. The third-order valence-electron chi connectivity index (χ3n) is 3.78. The fourth-order valence-electron chi connectivity index (χ4n) is 3.04. The molecular formula is C18H32. The molecule has 0 amide bonds. The monoisotopic (exact) mass is 248 g/mol. The van der Waals surface area contributed by atoms with Crippen LogP contribution in [-0.2, 0) is 0 Å². The van der Waals surface area contributed by atoms with E-state index in [1.54, 1.807) is 16.7 Å². The molecule has 0 bridgehead atoms. The Bertz CT molecular complexity index is 370. The Hall–Kier alpha value is -0.520. The van der Waals surface area contributed by atoms with Crippen LogP contribution in [0.4, 0.5) is 0 Å². The van der Waals surface area contributed by atoms with Crippen LogP contribution < -0.4 is 0 Å². The van der Waals surface area contributed by atoms with Crippen molar-refractivity contribution in [3.63, 3.8) is 0 Å². The molecule has 0 saturated carbocycles. The third-order valence-corrected chi connectivity index (χ3v) is 3.78. The lowest BCUT2D eigenvalue weighted by atomic mass is 9.64. The average Bonchev–Trinajstić information content (AvgIpc) is 2.12. The summed E-state index contributed by atoms with van der Waals surface area (Å²) in [4.78, 5) is 0. The molecule has 1 aliphatic rings. The maximum atomic E-state index is 2.48. The van der Waals surface area contributed by atoms with Gasteiger partial charge in [0, 0.05) is 0 Å². The van der Waals surface area contributed by atoms with E-state index in [1.807, 2.05) is 0 Å². The first-order valence-corrected chi connectivity index (χ1v) is 7.30. The summed E-state index contributed by atoms with van der Waals surface area (Å²) < 4.78 is 0. The van der Waals surface area contributed by atoms with E-state index < -0.39 is 0 Å². The van der Waals surface area contributed by atoms with E-state index in [9.17, 15) is 0 Å². The lowest BCUT2D eigenvalue weighted by Crippen LogP contribution is -2.27. The van der Waals surface area contributed by atoms with E-state index >= 15 is 0 Å². The molecule has 0 unspecified atom stereocenters.